The minimum absolute atomic E-state index is 0.00216. The lowest BCUT2D eigenvalue weighted by Gasteiger charge is -2.17. The second kappa shape index (κ2) is 7.49. The average molecular weight is 323 g/mol. The van der Waals surface area contributed by atoms with Crippen molar-refractivity contribution in [1.82, 2.24) is 14.6 Å². The summed E-state index contributed by atoms with van der Waals surface area (Å²) in [5.41, 5.74) is 2.88. The normalized spacial score (nSPS) is 11.5. The van der Waals surface area contributed by atoms with Crippen LogP contribution < -0.4 is 5.32 Å². The lowest BCUT2D eigenvalue weighted by Crippen LogP contribution is -2.29. The molecule has 3 aromatic rings. The fourth-order valence-corrected chi connectivity index (χ4v) is 3.11. The quantitative estimate of drug-likeness (QED) is 0.675. The lowest BCUT2D eigenvalue weighted by atomic mass is 10.2. The summed E-state index contributed by atoms with van der Waals surface area (Å²) in [5, 5.41) is 4.21. The molecule has 0 atom stereocenters. The van der Waals surface area contributed by atoms with Crippen molar-refractivity contribution in [2.45, 2.75) is 20.3 Å². The monoisotopic (exact) mass is 323 g/mol. The summed E-state index contributed by atoms with van der Waals surface area (Å²) in [6.07, 6.45) is 2.90. The molecule has 0 spiro atoms. The number of rotatable bonds is 7. The Morgan fingerprint density at radius 2 is 1.92 bits per heavy atom. The van der Waals surface area contributed by atoms with Gasteiger partial charge in [0.1, 0.15) is 0 Å². The van der Waals surface area contributed by atoms with Gasteiger partial charge in [0.25, 0.3) is 5.91 Å². The van der Waals surface area contributed by atoms with E-state index in [1.54, 1.807) is 0 Å². The summed E-state index contributed by atoms with van der Waals surface area (Å²) in [4.78, 5) is 14.8. The number of hydrogen-bond donors (Lipinski definition) is 1. The second-order valence-electron chi connectivity index (χ2n) is 6.05. The van der Waals surface area contributed by atoms with Crippen LogP contribution in [0.4, 0.5) is 0 Å². The van der Waals surface area contributed by atoms with E-state index in [-0.39, 0.29) is 5.91 Å². The molecule has 0 radical (unpaired) electrons. The fraction of sp³-hybridized carbons (Fsp3) is 0.350. The number of aromatic nitrogens is 1. The molecule has 0 saturated carbocycles. The van der Waals surface area contributed by atoms with Crippen LogP contribution >= 0.6 is 0 Å². The molecule has 2 heterocycles. The van der Waals surface area contributed by atoms with E-state index in [0.717, 1.165) is 37.1 Å². The lowest BCUT2D eigenvalue weighted by molar-refractivity contribution is 0.0952. The highest BCUT2D eigenvalue weighted by Gasteiger charge is 2.10. The molecule has 0 aliphatic rings. The van der Waals surface area contributed by atoms with E-state index in [1.165, 1.54) is 5.39 Å². The summed E-state index contributed by atoms with van der Waals surface area (Å²) >= 11 is 0. The van der Waals surface area contributed by atoms with E-state index >= 15 is 0 Å². The number of carbonyl (C=O) groups is 1. The maximum Gasteiger partial charge on any atom is 0.252 e. The predicted molar refractivity (Wildman–Crippen MR) is 99.6 cm³/mol. The van der Waals surface area contributed by atoms with Crippen molar-refractivity contribution in [2.24, 2.45) is 0 Å². The first-order chi connectivity index (χ1) is 11.7. The van der Waals surface area contributed by atoms with Crippen LogP contribution in [0.5, 0.6) is 0 Å². The third kappa shape index (κ3) is 3.44. The Kier molecular flexibility index (Phi) is 5.16. The number of amides is 1. The van der Waals surface area contributed by atoms with Gasteiger partial charge in [-0.1, -0.05) is 38.1 Å². The standard InChI is InChI=1S/C20H25N3O/c1-3-22(4-2)13-7-12-21-20(24)17-14-18-11-10-16-8-5-6-9-19(16)23(18)15-17/h5-6,8-11,14-15H,3-4,7,12-13H2,1-2H3,(H,21,24). The molecule has 0 aliphatic heterocycles. The van der Waals surface area contributed by atoms with Crippen molar-refractivity contribution in [2.75, 3.05) is 26.2 Å². The highest BCUT2D eigenvalue weighted by molar-refractivity contribution is 5.96. The minimum atomic E-state index is 0.00216. The smallest absolute Gasteiger partial charge is 0.252 e. The first kappa shape index (κ1) is 16.5. The number of nitrogens with one attached hydrogen (secondary N) is 1. The molecule has 0 saturated heterocycles. The zero-order chi connectivity index (χ0) is 16.9. The molecule has 0 unspecified atom stereocenters. The van der Waals surface area contributed by atoms with Gasteiger partial charge in [-0.15, -0.1) is 0 Å². The summed E-state index contributed by atoms with van der Waals surface area (Å²) < 4.78 is 2.08. The van der Waals surface area contributed by atoms with Crippen molar-refractivity contribution in [1.29, 1.82) is 0 Å². The molecule has 0 bridgehead atoms. The number of benzene rings is 1. The number of para-hydroxylation sites is 1. The van der Waals surface area contributed by atoms with Gasteiger partial charge >= 0.3 is 0 Å². The van der Waals surface area contributed by atoms with E-state index in [1.807, 2.05) is 24.4 Å². The van der Waals surface area contributed by atoms with Crippen molar-refractivity contribution in [3.63, 3.8) is 0 Å². The predicted octanol–water partition coefficient (Wildman–Crippen LogP) is 3.55. The molecule has 4 heteroatoms. The first-order valence-corrected chi connectivity index (χ1v) is 8.73. The van der Waals surface area contributed by atoms with Crippen LogP contribution in [-0.4, -0.2) is 41.4 Å². The van der Waals surface area contributed by atoms with Crippen LogP contribution in [0, 0.1) is 0 Å². The highest BCUT2D eigenvalue weighted by atomic mass is 16.1. The molecule has 4 nitrogen and oxygen atoms in total. The maximum absolute atomic E-state index is 12.4. The SMILES string of the molecule is CCN(CC)CCCNC(=O)c1cc2ccc3ccccc3n2c1. The number of fused-ring (bicyclic) bond motifs is 3. The summed E-state index contributed by atoms with van der Waals surface area (Å²) in [5.74, 6) is 0.00216. The van der Waals surface area contributed by atoms with Gasteiger partial charge in [0.05, 0.1) is 11.1 Å². The van der Waals surface area contributed by atoms with Gasteiger partial charge in [0.2, 0.25) is 0 Å². The van der Waals surface area contributed by atoms with E-state index in [4.69, 9.17) is 0 Å². The Balaban J connectivity index is 1.68. The summed E-state index contributed by atoms with van der Waals surface area (Å²) in [7, 11) is 0. The molecule has 3 rings (SSSR count). The zero-order valence-electron chi connectivity index (χ0n) is 14.5. The van der Waals surface area contributed by atoms with Crippen LogP contribution in [-0.2, 0) is 0 Å². The fourth-order valence-electron chi connectivity index (χ4n) is 3.11. The van der Waals surface area contributed by atoms with Gasteiger partial charge < -0.3 is 14.6 Å². The van der Waals surface area contributed by atoms with Crippen molar-refractivity contribution in [3.05, 3.63) is 54.2 Å². The molecule has 1 amide bonds. The molecular formula is C20H25N3O. The zero-order valence-corrected chi connectivity index (χ0v) is 14.5. The Morgan fingerprint density at radius 1 is 1.12 bits per heavy atom. The highest BCUT2D eigenvalue weighted by Crippen LogP contribution is 2.19. The van der Waals surface area contributed by atoms with Gasteiger partial charge in [-0.3, -0.25) is 4.79 Å². The van der Waals surface area contributed by atoms with Crippen LogP contribution in [0.3, 0.4) is 0 Å². The molecule has 0 aliphatic carbocycles. The molecule has 1 N–H and O–H groups in total. The number of hydrogen-bond acceptors (Lipinski definition) is 2. The molecule has 1 aromatic carbocycles. The summed E-state index contributed by atoms with van der Waals surface area (Å²) in [6.45, 7) is 8.18. The number of nitrogens with zero attached hydrogens (tertiary/aromatic N) is 2. The van der Waals surface area contributed by atoms with Crippen molar-refractivity contribution >= 4 is 22.3 Å². The first-order valence-electron chi connectivity index (χ1n) is 8.73. The van der Waals surface area contributed by atoms with Gasteiger partial charge in [-0.25, -0.2) is 0 Å². The Labute approximate surface area is 143 Å². The minimum Gasteiger partial charge on any atom is -0.352 e. The number of pyridine rings is 1. The van der Waals surface area contributed by atoms with Crippen molar-refractivity contribution < 1.29 is 4.79 Å². The summed E-state index contributed by atoms with van der Waals surface area (Å²) in [6, 6.07) is 14.3. The van der Waals surface area contributed by atoms with E-state index in [0.29, 0.717) is 12.1 Å². The van der Waals surface area contributed by atoms with Gasteiger partial charge in [-0.05, 0) is 49.6 Å². The molecular weight excluding hydrogens is 298 g/mol. The Hall–Kier alpha value is -2.33. The van der Waals surface area contributed by atoms with Gasteiger partial charge in [-0.2, -0.15) is 0 Å². The molecule has 2 aromatic heterocycles. The Bertz CT molecular complexity index is 833. The van der Waals surface area contributed by atoms with Crippen LogP contribution in [0.2, 0.25) is 0 Å². The van der Waals surface area contributed by atoms with E-state index < -0.39 is 0 Å². The topological polar surface area (TPSA) is 36.8 Å². The largest absolute Gasteiger partial charge is 0.352 e. The third-order valence-electron chi connectivity index (χ3n) is 4.57. The molecule has 126 valence electrons. The van der Waals surface area contributed by atoms with Crippen molar-refractivity contribution in [3.8, 4) is 0 Å². The third-order valence-corrected chi connectivity index (χ3v) is 4.57. The van der Waals surface area contributed by atoms with E-state index in [9.17, 15) is 4.79 Å². The maximum atomic E-state index is 12.4. The second-order valence-corrected chi connectivity index (χ2v) is 6.05. The van der Waals surface area contributed by atoms with Gasteiger partial charge in [0.15, 0.2) is 0 Å². The Morgan fingerprint density at radius 3 is 2.71 bits per heavy atom. The molecule has 0 fully saturated rings. The van der Waals surface area contributed by atoms with Gasteiger partial charge in [0, 0.05) is 18.3 Å². The van der Waals surface area contributed by atoms with E-state index in [2.05, 4.69) is 52.7 Å². The van der Waals surface area contributed by atoms with Crippen LogP contribution in [0.15, 0.2) is 48.7 Å². The van der Waals surface area contributed by atoms with Crippen LogP contribution in [0.25, 0.3) is 16.4 Å². The average Bonchev–Trinajstić information content (AvgIpc) is 3.06. The number of carbonyl (C=O) groups excluding carboxylic acids is 1. The van der Waals surface area contributed by atoms with Crippen LogP contribution in [0.1, 0.15) is 30.6 Å². The molecule has 24 heavy (non-hydrogen) atoms.